The minimum absolute atomic E-state index is 0.114. The van der Waals surface area contributed by atoms with E-state index < -0.39 is 0 Å². The normalized spacial score (nSPS) is 11.5. The molecule has 0 atom stereocenters. The van der Waals surface area contributed by atoms with Gasteiger partial charge in [-0.25, -0.2) is 5.43 Å². The number of para-hydroxylation sites is 1. The molecule has 2 rings (SSSR count). The number of hydrazone groups is 1. The van der Waals surface area contributed by atoms with E-state index in [-0.39, 0.29) is 18.3 Å². The Kier molecular flexibility index (Phi) is 6.58. The van der Waals surface area contributed by atoms with E-state index >= 15 is 0 Å². The minimum atomic E-state index is -0.380. The van der Waals surface area contributed by atoms with Gasteiger partial charge in [0.2, 0.25) is 0 Å². The number of carbonyl (C=O) groups is 1. The van der Waals surface area contributed by atoms with Crippen molar-refractivity contribution in [1.29, 1.82) is 0 Å². The summed E-state index contributed by atoms with van der Waals surface area (Å²) in [6.45, 7) is 5.77. The summed E-state index contributed by atoms with van der Waals surface area (Å²) in [6.07, 6.45) is 0. The Bertz CT molecular complexity index is 788. The minimum Gasteiger partial charge on any atom is -0.507 e. The number of amides is 1. The zero-order chi connectivity index (χ0) is 18.4. The second-order valence-corrected chi connectivity index (χ2v) is 6.74. The molecule has 2 N–H and O–H groups in total. The molecule has 5 nitrogen and oxygen atoms in total. The predicted octanol–water partition coefficient (Wildman–Crippen LogP) is 4.20. The maximum absolute atomic E-state index is 11.9. The van der Waals surface area contributed by atoms with Crippen molar-refractivity contribution in [2.75, 3.05) is 6.61 Å². The lowest BCUT2D eigenvalue weighted by Crippen LogP contribution is -2.25. The number of rotatable bonds is 6. The highest BCUT2D eigenvalue weighted by molar-refractivity contribution is 9.10. The zero-order valence-electron chi connectivity index (χ0n) is 14.4. The summed E-state index contributed by atoms with van der Waals surface area (Å²) >= 11 is 3.45. The Morgan fingerprint density at radius 1 is 1.28 bits per heavy atom. The predicted molar refractivity (Wildman–Crippen MR) is 102 cm³/mol. The maximum Gasteiger partial charge on any atom is 0.277 e. The molecule has 0 aliphatic carbocycles. The van der Waals surface area contributed by atoms with Gasteiger partial charge < -0.3 is 9.84 Å². The number of halogens is 1. The Hall–Kier alpha value is -2.34. The van der Waals surface area contributed by atoms with Gasteiger partial charge in [-0.15, -0.1) is 0 Å². The largest absolute Gasteiger partial charge is 0.507 e. The van der Waals surface area contributed by atoms with E-state index in [1.165, 1.54) is 5.56 Å². The highest BCUT2D eigenvalue weighted by Gasteiger charge is 2.09. The van der Waals surface area contributed by atoms with Crippen molar-refractivity contribution in [1.82, 2.24) is 5.43 Å². The van der Waals surface area contributed by atoms with Crippen molar-refractivity contribution in [2.24, 2.45) is 5.10 Å². The van der Waals surface area contributed by atoms with Crippen molar-refractivity contribution < 1.29 is 14.6 Å². The average Bonchev–Trinajstić information content (AvgIpc) is 2.58. The molecular formula is C19H21BrN2O3. The Balaban J connectivity index is 1.93. The van der Waals surface area contributed by atoms with Crippen LogP contribution < -0.4 is 10.2 Å². The molecule has 0 radical (unpaired) electrons. The number of nitrogens with zero attached hydrogens (tertiary/aromatic N) is 1. The van der Waals surface area contributed by atoms with Crippen LogP contribution in [0.1, 0.15) is 37.8 Å². The first kappa shape index (κ1) is 19.0. The van der Waals surface area contributed by atoms with Crippen LogP contribution in [0, 0.1) is 0 Å². The fourth-order valence-corrected chi connectivity index (χ4v) is 2.67. The van der Waals surface area contributed by atoms with Gasteiger partial charge in [0.15, 0.2) is 6.61 Å². The molecule has 25 heavy (non-hydrogen) atoms. The van der Waals surface area contributed by atoms with Gasteiger partial charge >= 0.3 is 0 Å². The van der Waals surface area contributed by atoms with Gasteiger partial charge in [-0.2, -0.15) is 5.10 Å². The van der Waals surface area contributed by atoms with E-state index in [1.807, 2.05) is 18.2 Å². The quantitative estimate of drug-likeness (QED) is 0.559. The third-order valence-electron chi connectivity index (χ3n) is 3.62. The molecule has 2 aromatic rings. The van der Waals surface area contributed by atoms with Crippen LogP contribution in [-0.2, 0) is 4.79 Å². The summed E-state index contributed by atoms with van der Waals surface area (Å²) in [4.78, 5) is 11.9. The van der Waals surface area contributed by atoms with Crippen LogP contribution in [0.3, 0.4) is 0 Å². The highest BCUT2D eigenvalue weighted by Crippen LogP contribution is 2.28. The first-order valence-corrected chi connectivity index (χ1v) is 8.71. The van der Waals surface area contributed by atoms with Gasteiger partial charge in [0.05, 0.1) is 10.2 Å². The summed E-state index contributed by atoms with van der Waals surface area (Å²) in [5.74, 6) is 0.749. The first-order valence-electron chi connectivity index (χ1n) is 7.92. The number of nitrogens with one attached hydrogen (secondary N) is 1. The summed E-state index contributed by atoms with van der Waals surface area (Å²) in [5, 5.41) is 13.8. The van der Waals surface area contributed by atoms with Crippen LogP contribution in [0.5, 0.6) is 11.5 Å². The van der Waals surface area contributed by atoms with E-state index in [9.17, 15) is 9.90 Å². The highest BCUT2D eigenvalue weighted by atomic mass is 79.9. The second kappa shape index (κ2) is 8.67. The molecule has 6 heteroatoms. The summed E-state index contributed by atoms with van der Waals surface area (Å²) in [7, 11) is 0. The lowest BCUT2D eigenvalue weighted by atomic mass is 10.0. The Labute approximate surface area is 155 Å². The summed E-state index contributed by atoms with van der Waals surface area (Å²) in [6, 6.07) is 12.6. The molecule has 132 valence electrons. The van der Waals surface area contributed by atoms with Crippen molar-refractivity contribution in [3.8, 4) is 11.5 Å². The van der Waals surface area contributed by atoms with E-state index in [2.05, 4.69) is 40.3 Å². The lowest BCUT2D eigenvalue weighted by Gasteiger charge is -2.11. The SMILES string of the molecule is C/C(=N\NC(=O)COc1ccc(C(C)C)cc1Br)c1ccccc1O. The van der Waals surface area contributed by atoms with Gasteiger partial charge in [-0.05, 0) is 58.6 Å². The third-order valence-corrected chi connectivity index (χ3v) is 4.24. The molecule has 1 amide bonds. The molecule has 0 aliphatic heterocycles. The number of carbonyl (C=O) groups excluding carboxylic acids is 1. The molecule has 0 bridgehead atoms. The number of aromatic hydroxyl groups is 1. The summed E-state index contributed by atoms with van der Waals surface area (Å²) in [5.41, 5.74) is 4.69. The first-order chi connectivity index (χ1) is 11.9. The number of phenolic OH excluding ortho intramolecular Hbond substituents is 1. The monoisotopic (exact) mass is 404 g/mol. The maximum atomic E-state index is 11.9. The van der Waals surface area contributed by atoms with Crippen molar-refractivity contribution in [3.63, 3.8) is 0 Å². The fraction of sp³-hybridized carbons (Fsp3) is 0.263. The fourth-order valence-electron chi connectivity index (χ4n) is 2.15. The van der Waals surface area contributed by atoms with Gasteiger partial charge in [-0.3, -0.25) is 4.79 Å². The van der Waals surface area contributed by atoms with Crippen LogP contribution in [0.2, 0.25) is 0 Å². The Morgan fingerprint density at radius 2 is 2.00 bits per heavy atom. The molecule has 0 aliphatic rings. The molecule has 0 unspecified atom stereocenters. The van der Waals surface area contributed by atoms with Gasteiger partial charge in [-0.1, -0.05) is 32.0 Å². The zero-order valence-corrected chi connectivity index (χ0v) is 16.0. The van der Waals surface area contributed by atoms with Crippen LogP contribution >= 0.6 is 15.9 Å². The molecule has 0 heterocycles. The van der Waals surface area contributed by atoms with E-state index in [0.29, 0.717) is 22.9 Å². The molecular weight excluding hydrogens is 384 g/mol. The number of phenols is 1. The smallest absolute Gasteiger partial charge is 0.277 e. The number of hydrogen-bond donors (Lipinski definition) is 2. The van der Waals surface area contributed by atoms with Crippen molar-refractivity contribution >= 4 is 27.5 Å². The standard InChI is InChI=1S/C19H21BrN2O3/c1-12(2)14-8-9-18(16(20)10-14)25-11-19(24)22-21-13(3)15-6-4-5-7-17(15)23/h4-10,12,23H,11H2,1-3H3,(H,22,24)/b21-13+. The molecule has 0 saturated heterocycles. The second-order valence-electron chi connectivity index (χ2n) is 5.88. The average molecular weight is 405 g/mol. The van der Waals surface area contributed by atoms with Crippen LogP contribution in [0.25, 0.3) is 0 Å². The molecule has 0 saturated carbocycles. The third kappa shape index (κ3) is 5.32. The van der Waals surface area contributed by atoms with Gasteiger partial charge in [0, 0.05) is 5.56 Å². The van der Waals surface area contributed by atoms with Crippen LogP contribution in [0.15, 0.2) is 52.0 Å². The molecule has 2 aromatic carbocycles. The van der Waals surface area contributed by atoms with Crippen molar-refractivity contribution in [2.45, 2.75) is 26.7 Å². The van der Waals surface area contributed by atoms with Crippen LogP contribution in [0.4, 0.5) is 0 Å². The topological polar surface area (TPSA) is 70.9 Å². The number of benzene rings is 2. The lowest BCUT2D eigenvalue weighted by molar-refractivity contribution is -0.123. The van der Waals surface area contributed by atoms with Crippen LogP contribution in [-0.4, -0.2) is 23.3 Å². The number of ether oxygens (including phenoxy) is 1. The molecule has 0 fully saturated rings. The molecule has 0 aromatic heterocycles. The number of hydrogen-bond acceptors (Lipinski definition) is 4. The van der Waals surface area contributed by atoms with Gasteiger partial charge in [0.1, 0.15) is 11.5 Å². The van der Waals surface area contributed by atoms with E-state index in [1.54, 1.807) is 31.2 Å². The van der Waals surface area contributed by atoms with Crippen molar-refractivity contribution in [3.05, 3.63) is 58.1 Å². The Morgan fingerprint density at radius 3 is 2.64 bits per heavy atom. The van der Waals surface area contributed by atoms with E-state index in [4.69, 9.17) is 4.74 Å². The van der Waals surface area contributed by atoms with Gasteiger partial charge in [0.25, 0.3) is 5.91 Å². The van der Waals surface area contributed by atoms with E-state index in [0.717, 1.165) is 4.47 Å². The molecule has 0 spiro atoms. The summed E-state index contributed by atoms with van der Waals surface area (Å²) < 4.78 is 6.32.